The number of benzene rings is 1. The Labute approximate surface area is 182 Å². The molecule has 31 heavy (non-hydrogen) atoms. The lowest BCUT2D eigenvalue weighted by Crippen LogP contribution is -2.45. The highest BCUT2D eigenvalue weighted by Gasteiger charge is 2.28. The van der Waals surface area contributed by atoms with Crippen molar-refractivity contribution in [3.8, 4) is 0 Å². The molecule has 1 aromatic heterocycles. The van der Waals surface area contributed by atoms with E-state index in [1.165, 1.54) is 28.6 Å². The monoisotopic (exact) mass is 451 g/mol. The Morgan fingerprint density at radius 2 is 1.87 bits per heavy atom. The first-order chi connectivity index (χ1) is 14.6. The van der Waals surface area contributed by atoms with Gasteiger partial charge in [0.25, 0.3) is 5.91 Å². The number of sulfonamides is 1. The van der Waals surface area contributed by atoms with E-state index >= 15 is 0 Å². The van der Waals surface area contributed by atoms with E-state index in [1.807, 2.05) is 0 Å². The second-order valence-corrected chi connectivity index (χ2v) is 9.29. The summed E-state index contributed by atoms with van der Waals surface area (Å²) in [5, 5.41) is 6.40. The molecule has 1 aromatic carbocycles. The van der Waals surface area contributed by atoms with Gasteiger partial charge in [0, 0.05) is 24.7 Å². The third kappa shape index (κ3) is 6.14. The Morgan fingerprint density at radius 1 is 1.19 bits per heavy atom. The lowest BCUT2D eigenvalue weighted by Gasteiger charge is -2.21. The van der Waals surface area contributed by atoms with Gasteiger partial charge in [-0.3, -0.25) is 4.79 Å². The van der Waals surface area contributed by atoms with Crippen molar-refractivity contribution < 1.29 is 27.3 Å². The van der Waals surface area contributed by atoms with Crippen LogP contribution >= 0.6 is 0 Å². The number of aromatic nitrogens is 1. The normalized spacial score (nSPS) is 12.7. The summed E-state index contributed by atoms with van der Waals surface area (Å²) < 4.78 is 37.0. The number of amides is 1. The zero-order chi connectivity index (χ0) is 23.2. The Hall–Kier alpha value is -2.72. The van der Waals surface area contributed by atoms with Gasteiger partial charge in [0.05, 0.1) is 4.90 Å². The summed E-state index contributed by atoms with van der Waals surface area (Å²) in [7, 11) is -3.71. The molecule has 0 saturated carbocycles. The number of carbonyl (C=O) groups is 2. The van der Waals surface area contributed by atoms with E-state index in [2.05, 4.69) is 10.5 Å². The molecule has 0 aliphatic carbocycles. The number of carbonyl (C=O) groups excluding carboxylic acids is 2. The summed E-state index contributed by atoms with van der Waals surface area (Å²) in [5.41, 5.74) is 0.604. The molecular weight excluding hydrogens is 422 g/mol. The summed E-state index contributed by atoms with van der Waals surface area (Å²) >= 11 is 0. The Kier molecular flexibility index (Phi) is 8.35. The van der Waals surface area contributed by atoms with Crippen LogP contribution in [-0.2, 0) is 26.2 Å². The summed E-state index contributed by atoms with van der Waals surface area (Å²) in [6.07, 6.45) is 0. The van der Waals surface area contributed by atoms with Gasteiger partial charge in [-0.15, -0.1) is 0 Å². The van der Waals surface area contributed by atoms with E-state index in [0.717, 1.165) is 0 Å². The van der Waals surface area contributed by atoms with Crippen LogP contribution < -0.4 is 5.32 Å². The number of esters is 1. The van der Waals surface area contributed by atoms with Crippen LogP contribution in [0.3, 0.4) is 0 Å². The van der Waals surface area contributed by atoms with Gasteiger partial charge in [-0.1, -0.05) is 38.9 Å². The Balaban J connectivity index is 2.14. The minimum Gasteiger partial charge on any atom is -0.458 e. The van der Waals surface area contributed by atoms with Crippen LogP contribution in [0.2, 0.25) is 0 Å². The fourth-order valence-corrected chi connectivity index (χ4v) is 4.46. The van der Waals surface area contributed by atoms with Crippen LogP contribution in [-0.4, -0.2) is 48.9 Å². The van der Waals surface area contributed by atoms with Gasteiger partial charge in [0.15, 0.2) is 0 Å². The predicted molar refractivity (Wildman–Crippen MR) is 114 cm³/mol. The highest BCUT2D eigenvalue weighted by atomic mass is 32.2. The van der Waals surface area contributed by atoms with Crippen LogP contribution in [0.5, 0.6) is 0 Å². The molecule has 0 bridgehead atoms. The maximum atomic E-state index is 12.8. The van der Waals surface area contributed by atoms with Gasteiger partial charge in [-0.2, -0.15) is 4.31 Å². The first-order valence-electron chi connectivity index (χ1n) is 10.1. The number of ether oxygens (including phenoxy) is 1. The SMILES string of the molecule is CCN(CC)S(=O)(=O)c1cccc(C(=O)N[C@H](C(=O)OCc2cc(C)on2)C(C)C)c1. The van der Waals surface area contributed by atoms with Crippen molar-refractivity contribution in [2.45, 2.75) is 52.2 Å². The van der Waals surface area contributed by atoms with Crippen molar-refractivity contribution in [3.05, 3.63) is 47.3 Å². The molecule has 170 valence electrons. The van der Waals surface area contributed by atoms with Crippen LogP contribution in [0.1, 0.15) is 49.5 Å². The molecule has 0 aliphatic rings. The summed E-state index contributed by atoms with van der Waals surface area (Å²) in [6, 6.07) is 6.49. The lowest BCUT2D eigenvalue weighted by molar-refractivity contribution is -0.148. The third-order valence-electron chi connectivity index (χ3n) is 4.69. The van der Waals surface area contributed by atoms with Crippen molar-refractivity contribution in [2.24, 2.45) is 5.92 Å². The van der Waals surface area contributed by atoms with Gasteiger partial charge in [-0.05, 0) is 31.0 Å². The molecule has 2 aromatic rings. The molecule has 2 rings (SSSR count). The van der Waals surface area contributed by atoms with Crippen LogP contribution in [0.25, 0.3) is 0 Å². The van der Waals surface area contributed by atoms with E-state index in [4.69, 9.17) is 9.26 Å². The highest BCUT2D eigenvalue weighted by Crippen LogP contribution is 2.17. The van der Waals surface area contributed by atoms with Crippen molar-refractivity contribution in [2.75, 3.05) is 13.1 Å². The van der Waals surface area contributed by atoms with E-state index in [-0.39, 0.29) is 23.0 Å². The number of aryl methyl sites for hydroxylation is 1. The van der Waals surface area contributed by atoms with Crippen molar-refractivity contribution >= 4 is 21.9 Å². The molecule has 1 amide bonds. The first kappa shape index (κ1) is 24.5. The maximum Gasteiger partial charge on any atom is 0.329 e. The van der Waals surface area contributed by atoms with Crippen molar-refractivity contribution in [1.82, 2.24) is 14.8 Å². The average Bonchev–Trinajstić information content (AvgIpc) is 3.15. The molecule has 0 aliphatic heterocycles. The maximum absolute atomic E-state index is 12.8. The largest absolute Gasteiger partial charge is 0.458 e. The lowest BCUT2D eigenvalue weighted by atomic mass is 10.0. The third-order valence-corrected chi connectivity index (χ3v) is 6.73. The van der Waals surface area contributed by atoms with Crippen molar-refractivity contribution in [3.63, 3.8) is 0 Å². The smallest absolute Gasteiger partial charge is 0.329 e. The fraction of sp³-hybridized carbons (Fsp3) is 0.476. The van der Waals surface area contributed by atoms with Gasteiger partial charge >= 0.3 is 5.97 Å². The zero-order valence-electron chi connectivity index (χ0n) is 18.4. The van der Waals surface area contributed by atoms with Crippen LogP contribution in [0.15, 0.2) is 39.8 Å². The number of hydrogen-bond acceptors (Lipinski definition) is 7. The number of nitrogens with one attached hydrogen (secondary N) is 1. The van der Waals surface area contributed by atoms with Gasteiger partial charge in [-0.25, -0.2) is 13.2 Å². The van der Waals surface area contributed by atoms with Crippen LogP contribution in [0, 0.1) is 12.8 Å². The molecule has 0 saturated heterocycles. The molecule has 0 fully saturated rings. The van der Waals surface area contributed by atoms with E-state index in [0.29, 0.717) is 24.5 Å². The van der Waals surface area contributed by atoms with Gasteiger partial charge in [0.2, 0.25) is 10.0 Å². The molecule has 0 spiro atoms. The minimum absolute atomic E-state index is 0.0222. The number of nitrogens with zero attached hydrogens (tertiary/aromatic N) is 2. The molecular formula is C21H29N3O6S. The molecule has 9 nitrogen and oxygen atoms in total. The summed E-state index contributed by atoms with van der Waals surface area (Å²) in [4.78, 5) is 25.3. The molecule has 10 heteroatoms. The summed E-state index contributed by atoms with van der Waals surface area (Å²) in [5.74, 6) is -0.835. The number of hydrogen-bond donors (Lipinski definition) is 1. The quantitative estimate of drug-likeness (QED) is 0.551. The minimum atomic E-state index is -3.71. The predicted octanol–water partition coefficient (Wildman–Crippen LogP) is 2.51. The highest BCUT2D eigenvalue weighted by molar-refractivity contribution is 7.89. The molecule has 1 atom stereocenters. The zero-order valence-corrected chi connectivity index (χ0v) is 19.2. The molecule has 1 N–H and O–H groups in total. The van der Waals surface area contributed by atoms with Crippen LogP contribution in [0.4, 0.5) is 0 Å². The Morgan fingerprint density at radius 3 is 2.42 bits per heavy atom. The topological polar surface area (TPSA) is 119 Å². The first-order valence-corrected chi connectivity index (χ1v) is 11.5. The molecule has 0 radical (unpaired) electrons. The Bertz CT molecular complexity index is 1010. The van der Waals surface area contributed by atoms with E-state index in [9.17, 15) is 18.0 Å². The second-order valence-electron chi connectivity index (χ2n) is 7.35. The average molecular weight is 452 g/mol. The van der Waals surface area contributed by atoms with Crippen molar-refractivity contribution in [1.29, 1.82) is 0 Å². The van der Waals surface area contributed by atoms with Gasteiger partial charge in [0.1, 0.15) is 24.1 Å². The summed E-state index contributed by atoms with van der Waals surface area (Å²) in [6.45, 7) is 9.33. The standard InChI is InChI=1S/C21H29N3O6S/c1-6-24(7-2)31(27,28)18-10-8-9-16(12-18)20(25)22-19(14(3)4)21(26)29-13-17-11-15(5)30-23-17/h8-12,14,19H,6-7,13H2,1-5H3,(H,22,25)/t19-/m0/s1. The van der Waals surface area contributed by atoms with E-state index < -0.39 is 27.9 Å². The fourth-order valence-electron chi connectivity index (χ4n) is 2.95. The molecule has 1 heterocycles. The van der Waals surface area contributed by atoms with Gasteiger partial charge < -0.3 is 14.6 Å². The second kappa shape index (κ2) is 10.5. The molecule has 0 unspecified atom stereocenters. The number of rotatable bonds is 10. The van der Waals surface area contributed by atoms with E-state index in [1.54, 1.807) is 40.7 Å².